The van der Waals surface area contributed by atoms with E-state index in [1.807, 2.05) is 0 Å². The second kappa shape index (κ2) is 17.9. The SMILES string of the molecule is COC1CC(CCC2CC(O)CC(C3CC(OC)C(O)C(OCC4NC(C)CC5(CCCC5)C4(CC(=O)O)CC4CCNC(N)C4)C3)O2)CCC1O. The monoisotopic (exact) mass is 738 g/mol. The van der Waals surface area contributed by atoms with Crippen LogP contribution in [0.4, 0.5) is 0 Å². The molecule has 6 fully saturated rings. The summed E-state index contributed by atoms with van der Waals surface area (Å²) in [7, 11) is 3.31. The van der Waals surface area contributed by atoms with Gasteiger partial charge in [0.05, 0.1) is 61.9 Å². The molecule has 0 aromatic heterocycles. The highest BCUT2D eigenvalue weighted by Crippen LogP contribution is 2.63. The zero-order valence-electron chi connectivity index (χ0n) is 32.1. The van der Waals surface area contributed by atoms with Crippen molar-refractivity contribution in [2.75, 3.05) is 27.4 Å². The van der Waals surface area contributed by atoms with E-state index in [9.17, 15) is 25.2 Å². The number of nitrogens with two attached hydrogens (primary N) is 1. The fourth-order valence-electron chi connectivity index (χ4n) is 12.2. The Balaban J connectivity index is 1.16. The molecular weight excluding hydrogens is 666 g/mol. The lowest BCUT2D eigenvalue weighted by Gasteiger charge is -2.60. The van der Waals surface area contributed by atoms with Gasteiger partial charge in [0.25, 0.3) is 0 Å². The van der Waals surface area contributed by atoms with Crippen molar-refractivity contribution in [1.82, 2.24) is 10.6 Å². The summed E-state index contributed by atoms with van der Waals surface area (Å²) in [5, 5.41) is 50.6. The average molecular weight is 738 g/mol. The van der Waals surface area contributed by atoms with Crippen molar-refractivity contribution >= 4 is 5.97 Å². The molecule has 3 aliphatic carbocycles. The van der Waals surface area contributed by atoms with Gasteiger partial charge in [-0.1, -0.05) is 12.8 Å². The maximum atomic E-state index is 12.8. The molecule has 6 aliphatic rings. The quantitative estimate of drug-likeness (QED) is 0.146. The number of aliphatic carboxylic acids is 1. The summed E-state index contributed by atoms with van der Waals surface area (Å²) in [6.45, 7) is 3.38. The number of ether oxygens (including phenoxy) is 4. The van der Waals surface area contributed by atoms with Crippen LogP contribution in [0.15, 0.2) is 0 Å². The zero-order chi connectivity index (χ0) is 37.0. The second-order valence-corrected chi connectivity index (χ2v) is 18.1. The third kappa shape index (κ3) is 9.19. The molecule has 8 N–H and O–H groups in total. The lowest BCUT2D eigenvalue weighted by molar-refractivity contribution is -0.186. The summed E-state index contributed by atoms with van der Waals surface area (Å²) in [6, 6.07) is 0.0497. The summed E-state index contributed by atoms with van der Waals surface area (Å²) in [5.74, 6) is 0.0829. The highest BCUT2D eigenvalue weighted by atomic mass is 16.5. The average Bonchev–Trinajstić information content (AvgIpc) is 3.58. The van der Waals surface area contributed by atoms with Crippen LogP contribution in [0, 0.1) is 28.6 Å². The Bertz CT molecular complexity index is 1140. The van der Waals surface area contributed by atoms with Crippen molar-refractivity contribution in [2.24, 2.45) is 34.3 Å². The molecule has 12 nitrogen and oxygen atoms in total. The smallest absolute Gasteiger partial charge is 0.303 e. The van der Waals surface area contributed by atoms with Crippen LogP contribution in [-0.4, -0.2) is 121 Å². The van der Waals surface area contributed by atoms with E-state index in [1.165, 1.54) is 0 Å². The first kappa shape index (κ1) is 40.7. The lowest BCUT2D eigenvalue weighted by atomic mass is 9.50. The van der Waals surface area contributed by atoms with E-state index in [1.54, 1.807) is 14.2 Å². The minimum absolute atomic E-state index is 0.0397. The van der Waals surface area contributed by atoms with E-state index < -0.39 is 41.9 Å². The standard InChI is InChI=1S/C40H71N3O9/c1-24-20-39(11-4-5-12-39)40(22-37(46)47,21-26-10-13-42-36(41)15-26)35(43-24)23-51-34-17-27(16-33(50-3)38(34)48)31-19-28(44)18-29(52-31)8-6-25-7-9-30(45)32(14-25)49-2/h24-36,38,42-45,48H,4-23,41H2,1-3H3,(H,46,47). The molecule has 0 bridgehead atoms. The van der Waals surface area contributed by atoms with Gasteiger partial charge in [-0.15, -0.1) is 0 Å². The van der Waals surface area contributed by atoms with Gasteiger partial charge in [-0.3, -0.25) is 4.79 Å². The van der Waals surface area contributed by atoms with Crippen LogP contribution < -0.4 is 16.4 Å². The second-order valence-electron chi connectivity index (χ2n) is 18.1. The predicted octanol–water partition coefficient (Wildman–Crippen LogP) is 3.47. The lowest BCUT2D eigenvalue weighted by Crippen LogP contribution is -2.66. The van der Waals surface area contributed by atoms with Crippen LogP contribution in [0.5, 0.6) is 0 Å². The number of carbonyl (C=O) groups is 1. The molecule has 300 valence electrons. The first-order valence-electron chi connectivity index (χ1n) is 20.8. The Hall–Kier alpha value is -0.930. The van der Waals surface area contributed by atoms with Gasteiger partial charge in [0.2, 0.25) is 0 Å². The minimum atomic E-state index is -0.821. The van der Waals surface area contributed by atoms with Gasteiger partial charge in [0.15, 0.2) is 0 Å². The number of hydrogen-bond acceptors (Lipinski definition) is 11. The maximum absolute atomic E-state index is 12.8. The number of rotatable bonds is 13. The van der Waals surface area contributed by atoms with Gasteiger partial charge in [0.1, 0.15) is 6.10 Å². The largest absolute Gasteiger partial charge is 0.481 e. The molecule has 3 saturated heterocycles. The molecule has 15 atom stereocenters. The highest BCUT2D eigenvalue weighted by molar-refractivity contribution is 5.68. The molecule has 0 radical (unpaired) electrons. The van der Waals surface area contributed by atoms with Crippen molar-refractivity contribution in [3.8, 4) is 0 Å². The first-order chi connectivity index (χ1) is 24.9. The zero-order valence-corrected chi connectivity index (χ0v) is 32.1. The number of aliphatic hydroxyl groups excluding tert-OH is 3. The van der Waals surface area contributed by atoms with Crippen molar-refractivity contribution < 1.29 is 44.2 Å². The molecule has 3 heterocycles. The molecule has 15 unspecified atom stereocenters. The molecule has 3 saturated carbocycles. The Morgan fingerprint density at radius 1 is 0.904 bits per heavy atom. The maximum Gasteiger partial charge on any atom is 0.303 e. The third-order valence-electron chi connectivity index (χ3n) is 14.7. The topological polar surface area (TPSA) is 185 Å². The Morgan fingerprint density at radius 3 is 2.37 bits per heavy atom. The number of hydrogen-bond donors (Lipinski definition) is 7. The molecule has 6 rings (SSSR count). The molecule has 0 amide bonds. The van der Waals surface area contributed by atoms with Crippen LogP contribution in [0.3, 0.4) is 0 Å². The molecular formula is C40H71N3O9. The summed E-state index contributed by atoms with van der Waals surface area (Å²) < 4.78 is 25.0. The molecule has 1 spiro atoms. The number of nitrogens with one attached hydrogen (secondary N) is 2. The first-order valence-corrected chi connectivity index (χ1v) is 20.8. The van der Waals surface area contributed by atoms with Crippen LogP contribution in [0.1, 0.15) is 122 Å². The van der Waals surface area contributed by atoms with Gasteiger partial charge < -0.3 is 55.7 Å². The summed E-state index contributed by atoms with van der Waals surface area (Å²) in [5.41, 5.74) is 5.81. The van der Waals surface area contributed by atoms with Crippen LogP contribution in [0.2, 0.25) is 0 Å². The van der Waals surface area contributed by atoms with Crippen molar-refractivity contribution in [3.05, 3.63) is 0 Å². The molecule has 12 heteroatoms. The molecule has 0 aromatic rings. The molecule has 0 aromatic carbocycles. The van der Waals surface area contributed by atoms with Gasteiger partial charge in [0, 0.05) is 31.7 Å². The Morgan fingerprint density at radius 2 is 1.65 bits per heavy atom. The number of carboxylic acid groups (broad SMARTS) is 1. The number of piperidine rings is 2. The van der Waals surface area contributed by atoms with Crippen molar-refractivity contribution in [2.45, 2.75) is 190 Å². The molecule has 3 aliphatic heterocycles. The number of methoxy groups -OCH3 is 2. The van der Waals surface area contributed by atoms with E-state index in [4.69, 9.17) is 24.7 Å². The van der Waals surface area contributed by atoms with E-state index in [0.717, 1.165) is 90.0 Å². The van der Waals surface area contributed by atoms with Gasteiger partial charge in [-0.2, -0.15) is 0 Å². The van der Waals surface area contributed by atoms with Crippen LogP contribution in [0.25, 0.3) is 0 Å². The third-order valence-corrected chi connectivity index (χ3v) is 14.7. The normalized spacial score (nSPS) is 45.6. The van der Waals surface area contributed by atoms with Crippen molar-refractivity contribution in [1.29, 1.82) is 0 Å². The van der Waals surface area contributed by atoms with E-state index in [-0.39, 0.29) is 54.3 Å². The van der Waals surface area contributed by atoms with Crippen LogP contribution >= 0.6 is 0 Å². The van der Waals surface area contributed by atoms with Crippen LogP contribution in [-0.2, 0) is 23.7 Å². The van der Waals surface area contributed by atoms with Gasteiger partial charge >= 0.3 is 5.97 Å². The summed E-state index contributed by atoms with van der Waals surface area (Å²) in [4.78, 5) is 12.8. The van der Waals surface area contributed by atoms with E-state index in [2.05, 4.69) is 17.6 Å². The minimum Gasteiger partial charge on any atom is -0.481 e. The summed E-state index contributed by atoms with van der Waals surface area (Å²) >= 11 is 0. The van der Waals surface area contributed by atoms with E-state index in [0.29, 0.717) is 44.1 Å². The number of aliphatic hydroxyl groups is 3. The molecule has 52 heavy (non-hydrogen) atoms. The fraction of sp³-hybridized carbons (Fsp3) is 0.975. The van der Waals surface area contributed by atoms with Gasteiger partial charge in [-0.05, 0) is 133 Å². The van der Waals surface area contributed by atoms with Crippen molar-refractivity contribution in [3.63, 3.8) is 0 Å². The Kier molecular flexibility index (Phi) is 14.0. The van der Waals surface area contributed by atoms with Gasteiger partial charge in [-0.25, -0.2) is 0 Å². The van der Waals surface area contributed by atoms with E-state index >= 15 is 0 Å². The summed E-state index contributed by atoms with van der Waals surface area (Å²) in [6.07, 6.45) is 11.8. The fourth-order valence-corrected chi connectivity index (χ4v) is 12.2. The predicted molar refractivity (Wildman–Crippen MR) is 196 cm³/mol. The number of carboxylic acids is 1. The Labute approximate surface area is 311 Å². The highest BCUT2D eigenvalue weighted by Gasteiger charge is 2.61.